The van der Waals surface area contributed by atoms with Gasteiger partial charge in [0.15, 0.2) is 11.5 Å². The SMILES string of the molecule is COc1ccc(N(C(=O)c2ccc3cn[nH]c3c2)c2ccc(C(C)(C)CNC(C)=O)c(Cl)c2)cc1OC. The van der Waals surface area contributed by atoms with E-state index in [0.29, 0.717) is 40.0 Å². The summed E-state index contributed by atoms with van der Waals surface area (Å²) in [4.78, 5) is 27.0. The maximum atomic E-state index is 14.0. The van der Waals surface area contributed by atoms with Crippen LogP contribution in [0.5, 0.6) is 11.5 Å². The van der Waals surface area contributed by atoms with Crippen molar-refractivity contribution in [3.05, 3.63) is 76.9 Å². The molecule has 1 heterocycles. The molecule has 0 bridgehead atoms. The number of fused-ring (bicyclic) bond motifs is 1. The molecule has 9 heteroatoms. The number of halogens is 1. The lowest BCUT2D eigenvalue weighted by atomic mass is 9.84. The Labute approximate surface area is 220 Å². The summed E-state index contributed by atoms with van der Waals surface area (Å²) in [7, 11) is 3.10. The fourth-order valence-electron chi connectivity index (χ4n) is 4.18. The number of aromatic amines is 1. The van der Waals surface area contributed by atoms with E-state index >= 15 is 0 Å². The summed E-state index contributed by atoms with van der Waals surface area (Å²) in [6.45, 7) is 5.90. The van der Waals surface area contributed by atoms with Gasteiger partial charge >= 0.3 is 0 Å². The van der Waals surface area contributed by atoms with Crippen LogP contribution in [-0.2, 0) is 10.2 Å². The van der Waals surface area contributed by atoms with Crippen LogP contribution in [-0.4, -0.2) is 42.8 Å². The zero-order valence-electron chi connectivity index (χ0n) is 21.4. The molecule has 8 nitrogen and oxygen atoms in total. The number of nitrogens with zero attached hydrogens (tertiary/aromatic N) is 2. The van der Waals surface area contributed by atoms with Gasteiger partial charge in [-0.1, -0.05) is 37.6 Å². The molecule has 0 atom stereocenters. The van der Waals surface area contributed by atoms with Gasteiger partial charge in [0.2, 0.25) is 5.91 Å². The lowest BCUT2D eigenvalue weighted by Gasteiger charge is -2.29. The van der Waals surface area contributed by atoms with Crippen molar-refractivity contribution in [2.75, 3.05) is 25.7 Å². The Hall–Kier alpha value is -4.04. The van der Waals surface area contributed by atoms with Crippen molar-refractivity contribution in [1.29, 1.82) is 0 Å². The molecule has 0 aliphatic rings. The van der Waals surface area contributed by atoms with Gasteiger partial charge in [-0.25, -0.2) is 0 Å². The first kappa shape index (κ1) is 26.0. The molecule has 1 aromatic heterocycles. The van der Waals surface area contributed by atoms with Crippen molar-refractivity contribution >= 4 is 45.7 Å². The molecule has 2 amide bonds. The summed E-state index contributed by atoms with van der Waals surface area (Å²) in [6, 6.07) is 16.2. The number of rotatable bonds is 8. The van der Waals surface area contributed by atoms with E-state index in [-0.39, 0.29) is 11.8 Å². The number of nitrogens with one attached hydrogen (secondary N) is 2. The summed E-state index contributed by atoms with van der Waals surface area (Å²) in [5.74, 6) is 0.664. The van der Waals surface area contributed by atoms with Gasteiger partial charge in [-0.3, -0.25) is 19.6 Å². The van der Waals surface area contributed by atoms with Gasteiger partial charge in [-0.05, 0) is 42.0 Å². The smallest absolute Gasteiger partial charge is 0.262 e. The maximum absolute atomic E-state index is 14.0. The predicted molar refractivity (Wildman–Crippen MR) is 145 cm³/mol. The van der Waals surface area contributed by atoms with Gasteiger partial charge in [-0.15, -0.1) is 0 Å². The first-order chi connectivity index (χ1) is 17.6. The van der Waals surface area contributed by atoms with E-state index < -0.39 is 5.41 Å². The molecule has 0 fully saturated rings. The quantitative estimate of drug-likeness (QED) is 0.314. The lowest BCUT2D eigenvalue weighted by Crippen LogP contribution is -2.35. The van der Waals surface area contributed by atoms with E-state index in [4.69, 9.17) is 21.1 Å². The number of ether oxygens (including phenoxy) is 2. The van der Waals surface area contributed by atoms with Gasteiger partial charge in [-0.2, -0.15) is 5.10 Å². The minimum Gasteiger partial charge on any atom is -0.493 e. The van der Waals surface area contributed by atoms with Crippen LogP contribution in [0, 0.1) is 0 Å². The first-order valence-corrected chi connectivity index (χ1v) is 12.1. The molecular weight excluding hydrogens is 492 g/mol. The van der Waals surface area contributed by atoms with Gasteiger partial charge in [0.1, 0.15) is 0 Å². The lowest BCUT2D eigenvalue weighted by molar-refractivity contribution is -0.119. The molecule has 3 aromatic carbocycles. The zero-order chi connectivity index (χ0) is 26.7. The molecule has 0 saturated heterocycles. The fraction of sp³-hybridized carbons (Fsp3) is 0.250. The number of benzene rings is 3. The van der Waals surface area contributed by atoms with E-state index in [0.717, 1.165) is 16.5 Å². The van der Waals surface area contributed by atoms with Crippen molar-refractivity contribution < 1.29 is 19.1 Å². The first-order valence-electron chi connectivity index (χ1n) is 11.7. The Balaban J connectivity index is 1.81. The second-order valence-electron chi connectivity index (χ2n) is 9.31. The Morgan fingerprint density at radius 1 is 1.00 bits per heavy atom. The summed E-state index contributed by atoms with van der Waals surface area (Å²) in [5, 5.41) is 11.2. The van der Waals surface area contributed by atoms with Crippen LogP contribution < -0.4 is 19.7 Å². The zero-order valence-corrected chi connectivity index (χ0v) is 22.1. The average Bonchev–Trinajstić information content (AvgIpc) is 3.35. The van der Waals surface area contributed by atoms with Crippen molar-refractivity contribution in [2.24, 2.45) is 0 Å². The van der Waals surface area contributed by atoms with Crippen molar-refractivity contribution in [3.63, 3.8) is 0 Å². The second kappa shape index (κ2) is 10.5. The molecule has 192 valence electrons. The third kappa shape index (κ3) is 5.39. The van der Waals surface area contributed by atoms with Crippen LogP contribution in [0.4, 0.5) is 11.4 Å². The third-order valence-corrected chi connectivity index (χ3v) is 6.55. The number of hydrogen-bond acceptors (Lipinski definition) is 5. The summed E-state index contributed by atoms with van der Waals surface area (Å²) >= 11 is 6.77. The van der Waals surface area contributed by atoms with Crippen LogP contribution in [0.2, 0.25) is 5.02 Å². The number of aromatic nitrogens is 2. The number of amides is 2. The molecule has 0 aliphatic heterocycles. The molecule has 4 rings (SSSR count). The number of anilines is 2. The maximum Gasteiger partial charge on any atom is 0.262 e. The second-order valence-corrected chi connectivity index (χ2v) is 9.72. The number of carbonyl (C=O) groups is 2. The highest BCUT2D eigenvalue weighted by Crippen LogP contribution is 2.38. The normalized spacial score (nSPS) is 11.3. The van der Waals surface area contributed by atoms with Crippen LogP contribution in [0.25, 0.3) is 10.9 Å². The summed E-state index contributed by atoms with van der Waals surface area (Å²) in [6.07, 6.45) is 1.71. The third-order valence-electron chi connectivity index (χ3n) is 6.24. The monoisotopic (exact) mass is 520 g/mol. The number of methoxy groups -OCH3 is 2. The van der Waals surface area contributed by atoms with E-state index in [2.05, 4.69) is 15.5 Å². The predicted octanol–water partition coefficient (Wildman–Crippen LogP) is 5.63. The molecule has 0 aliphatic carbocycles. The minimum atomic E-state index is -0.425. The molecule has 0 saturated carbocycles. The van der Waals surface area contributed by atoms with Crippen LogP contribution in [0.1, 0.15) is 36.7 Å². The summed E-state index contributed by atoms with van der Waals surface area (Å²) < 4.78 is 10.9. The Morgan fingerprint density at radius 2 is 1.70 bits per heavy atom. The highest BCUT2D eigenvalue weighted by Gasteiger charge is 2.27. The molecule has 37 heavy (non-hydrogen) atoms. The fourth-order valence-corrected chi connectivity index (χ4v) is 4.61. The number of H-pyrrole nitrogens is 1. The highest BCUT2D eigenvalue weighted by molar-refractivity contribution is 6.32. The molecule has 4 aromatic rings. The average molecular weight is 521 g/mol. The van der Waals surface area contributed by atoms with Gasteiger partial charge in [0, 0.05) is 40.9 Å². The largest absolute Gasteiger partial charge is 0.493 e. The number of hydrogen-bond donors (Lipinski definition) is 2. The number of carbonyl (C=O) groups excluding carboxylic acids is 2. The van der Waals surface area contributed by atoms with Crippen LogP contribution in [0.3, 0.4) is 0 Å². The molecule has 0 radical (unpaired) electrons. The Morgan fingerprint density at radius 3 is 2.38 bits per heavy atom. The Kier molecular flexibility index (Phi) is 7.40. The van der Waals surface area contributed by atoms with E-state index in [1.54, 1.807) is 61.7 Å². The molecule has 0 spiro atoms. The minimum absolute atomic E-state index is 0.111. The van der Waals surface area contributed by atoms with Crippen molar-refractivity contribution in [1.82, 2.24) is 15.5 Å². The van der Waals surface area contributed by atoms with Crippen LogP contribution in [0.15, 0.2) is 60.8 Å². The van der Waals surface area contributed by atoms with Gasteiger partial charge in [0.05, 0.1) is 37.3 Å². The van der Waals surface area contributed by atoms with Crippen molar-refractivity contribution in [2.45, 2.75) is 26.2 Å². The van der Waals surface area contributed by atoms with E-state index in [1.807, 2.05) is 32.0 Å². The van der Waals surface area contributed by atoms with Gasteiger partial charge < -0.3 is 14.8 Å². The molecule has 2 N–H and O–H groups in total. The standard InChI is InChI=1S/C28H29ClN4O4/c1-17(34)30-16-28(2,3)22-10-8-20(13-23(22)29)33(21-9-11-25(36-4)26(14-21)37-5)27(35)18-6-7-19-15-31-32-24(19)12-18/h6-15H,16H2,1-5H3,(H,30,34)(H,31,32). The molecular formula is C28H29ClN4O4. The van der Waals surface area contributed by atoms with E-state index in [9.17, 15) is 9.59 Å². The topological polar surface area (TPSA) is 96.5 Å². The van der Waals surface area contributed by atoms with Gasteiger partial charge in [0.25, 0.3) is 5.91 Å². The highest BCUT2D eigenvalue weighted by atomic mass is 35.5. The van der Waals surface area contributed by atoms with Crippen LogP contribution >= 0.6 is 11.6 Å². The Bertz CT molecular complexity index is 1460. The van der Waals surface area contributed by atoms with E-state index in [1.165, 1.54) is 6.92 Å². The van der Waals surface area contributed by atoms with Crippen molar-refractivity contribution in [3.8, 4) is 11.5 Å². The summed E-state index contributed by atoms with van der Waals surface area (Å²) in [5.41, 5.74) is 2.80. The molecule has 0 unspecified atom stereocenters.